The van der Waals surface area contributed by atoms with Crippen molar-refractivity contribution < 1.29 is 5.11 Å². The van der Waals surface area contributed by atoms with E-state index in [2.05, 4.69) is 22.4 Å². The van der Waals surface area contributed by atoms with Crippen LogP contribution in [-0.2, 0) is 0 Å². The molecule has 4 fully saturated rings. The van der Waals surface area contributed by atoms with E-state index >= 15 is 0 Å². The predicted molar refractivity (Wildman–Crippen MR) is 80.8 cm³/mol. The van der Waals surface area contributed by atoms with E-state index in [1.54, 1.807) is 0 Å². The Hall–Kier alpha value is -1.03. The minimum atomic E-state index is 0.393. The maximum atomic E-state index is 9.81. The second-order valence-corrected chi connectivity index (χ2v) is 8.21. The first-order valence-corrected chi connectivity index (χ1v) is 8.58. The van der Waals surface area contributed by atoms with E-state index in [0.717, 1.165) is 29.5 Å². The van der Waals surface area contributed by atoms with Crippen molar-refractivity contribution in [3.05, 3.63) is 11.8 Å². The first-order valence-electron chi connectivity index (χ1n) is 8.58. The second kappa shape index (κ2) is 4.03. The number of hydrogen-bond acceptors (Lipinski definition) is 3. The summed E-state index contributed by atoms with van der Waals surface area (Å²) in [5, 5.41) is 20.9. The maximum absolute atomic E-state index is 9.81. The summed E-state index contributed by atoms with van der Waals surface area (Å²) in [6.07, 6.45) is 8.72. The minimum absolute atomic E-state index is 0.393. The quantitative estimate of drug-likeness (QED) is 0.800. The molecule has 0 aliphatic heterocycles. The van der Waals surface area contributed by atoms with Crippen molar-refractivity contribution in [3.63, 3.8) is 0 Å². The summed E-state index contributed by atoms with van der Waals surface area (Å²) in [4.78, 5) is 0. The molecule has 7 unspecified atom stereocenters. The molecule has 1 heterocycles. The summed E-state index contributed by atoms with van der Waals surface area (Å²) < 4.78 is 0. The molecule has 4 saturated carbocycles. The summed E-state index contributed by atoms with van der Waals surface area (Å²) in [7, 11) is 0. The van der Waals surface area contributed by atoms with Gasteiger partial charge in [0.05, 0.1) is 6.20 Å². The van der Waals surface area contributed by atoms with E-state index in [4.69, 9.17) is 0 Å². The molecular weight excluding hydrogens is 262 g/mol. The number of aliphatic hydroxyl groups excluding tert-OH is 1. The number of nitrogens with zero attached hydrogens (tertiary/aromatic N) is 1. The zero-order valence-electron chi connectivity index (χ0n) is 12.7. The molecule has 4 aliphatic rings. The number of aliphatic hydroxyl groups is 1. The molecule has 4 nitrogen and oxygen atoms in total. The SMILES string of the molecule is Cc1cn[nH]c1NC1C2CC(CO)C3CC4CC1C4(C3)C2. The number of aryl methyl sites for hydroxylation is 1. The molecule has 1 spiro atoms. The van der Waals surface area contributed by atoms with Crippen molar-refractivity contribution in [2.75, 3.05) is 11.9 Å². The van der Waals surface area contributed by atoms with Gasteiger partial charge in [-0.3, -0.25) is 5.10 Å². The van der Waals surface area contributed by atoms with Crippen LogP contribution >= 0.6 is 0 Å². The molecule has 114 valence electrons. The van der Waals surface area contributed by atoms with Crippen LogP contribution in [0.15, 0.2) is 6.20 Å². The van der Waals surface area contributed by atoms with Crippen LogP contribution in [0.3, 0.4) is 0 Å². The fourth-order valence-electron chi connectivity index (χ4n) is 6.62. The Morgan fingerprint density at radius 3 is 2.95 bits per heavy atom. The number of aromatic amines is 1. The van der Waals surface area contributed by atoms with Crippen molar-refractivity contribution >= 4 is 5.82 Å². The van der Waals surface area contributed by atoms with Crippen LogP contribution in [0.5, 0.6) is 0 Å². The molecule has 7 atom stereocenters. The minimum Gasteiger partial charge on any atom is -0.396 e. The molecule has 0 saturated heterocycles. The van der Waals surface area contributed by atoms with Crippen LogP contribution in [0.25, 0.3) is 0 Å². The van der Waals surface area contributed by atoms with Crippen LogP contribution in [0, 0.1) is 41.9 Å². The normalized spacial score (nSPS) is 49.8. The first-order chi connectivity index (χ1) is 10.2. The molecule has 0 radical (unpaired) electrons. The van der Waals surface area contributed by atoms with E-state index in [9.17, 15) is 5.11 Å². The largest absolute Gasteiger partial charge is 0.396 e. The Morgan fingerprint density at radius 2 is 2.19 bits per heavy atom. The number of hydrogen-bond donors (Lipinski definition) is 3. The van der Waals surface area contributed by atoms with Crippen LogP contribution in [0.1, 0.15) is 37.7 Å². The van der Waals surface area contributed by atoms with Crippen LogP contribution in [-0.4, -0.2) is 28.0 Å². The zero-order valence-corrected chi connectivity index (χ0v) is 12.7. The number of nitrogens with one attached hydrogen (secondary N) is 2. The number of rotatable bonds is 3. The highest BCUT2D eigenvalue weighted by atomic mass is 16.3. The summed E-state index contributed by atoms with van der Waals surface area (Å²) in [6, 6.07) is 0.591. The lowest BCUT2D eigenvalue weighted by atomic mass is 9.55. The van der Waals surface area contributed by atoms with Gasteiger partial charge in [0.1, 0.15) is 5.82 Å². The van der Waals surface area contributed by atoms with Gasteiger partial charge in [-0.1, -0.05) is 0 Å². The smallest absolute Gasteiger partial charge is 0.124 e. The van der Waals surface area contributed by atoms with Crippen molar-refractivity contribution in [1.82, 2.24) is 10.2 Å². The number of fused-ring (bicyclic) bond motifs is 2. The summed E-state index contributed by atoms with van der Waals surface area (Å²) in [6.45, 7) is 2.51. The number of aromatic nitrogens is 2. The average molecular weight is 287 g/mol. The lowest BCUT2D eigenvalue weighted by molar-refractivity contribution is -0.00152. The molecule has 1 aromatic rings. The van der Waals surface area contributed by atoms with E-state index in [0.29, 0.717) is 24.0 Å². The van der Waals surface area contributed by atoms with E-state index in [-0.39, 0.29) is 0 Å². The molecule has 21 heavy (non-hydrogen) atoms. The van der Waals surface area contributed by atoms with Gasteiger partial charge < -0.3 is 10.4 Å². The summed E-state index contributed by atoms with van der Waals surface area (Å²) >= 11 is 0. The molecule has 4 aliphatic carbocycles. The molecule has 0 amide bonds. The molecule has 5 rings (SSSR count). The highest BCUT2D eigenvalue weighted by molar-refractivity contribution is 5.44. The lowest BCUT2D eigenvalue weighted by Crippen LogP contribution is -2.48. The number of anilines is 1. The topological polar surface area (TPSA) is 60.9 Å². The monoisotopic (exact) mass is 287 g/mol. The van der Waals surface area contributed by atoms with Gasteiger partial charge in [-0.2, -0.15) is 5.10 Å². The Bertz CT molecular complexity index is 570. The molecule has 0 aromatic carbocycles. The predicted octanol–water partition coefficient (Wildman–Crippen LogP) is 2.56. The molecule has 3 N–H and O–H groups in total. The highest BCUT2D eigenvalue weighted by Crippen LogP contribution is 2.74. The zero-order chi connectivity index (χ0) is 14.2. The van der Waals surface area contributed by atoms with Crippen LogP contribution in [0.4, 0.5) is 5.82 Å². The highest BCUT2D eigenvalue weighted by Gasteiger charge is 2.69. The van der Waals surface area contributed by atoms with Crippen molar-refractivity contribution in [2.24, 2.45) is 35.0 Å². The summed E-state index contributed by atoms with van der Waals surface area (Å²) in [5.74, 6) is 5.03. The third-order valence-corrected chi connectivity index (χ3v) is 7.55. The Morgan fingerprint density at radius 1 is 1.33 bits per heavy atom. The fourth-order valence-corrected chi connectivity index (χ4v) is 6.62. The van der Waals surface area contributed by atoms with Crippen LogP contribution in [0.2, 0.25) is 0 Å². The van der Waals surface area contributed by atoms with Gasteiger partial charge >= 0.3 is 0 Å². The second-order valence-electron chi connectivity index (χ2n) is 8.21. The molecule has 3 bridgehead atoms. The van der Waals surface area contributed by atoms with Crippen LogP contribution < -0.4 is 5.32 Å². The van der Waals surface area contributed by atoms with Gasteiger partial charge in [0.2, 0.25) is 0 Å². The maximum Gasteiger partial charge on any atom is 0.124 e. The fraction of sp³-hybridized carbons (Fsp3) is 0.824. The molecule has 1 aromatic heterocycles. The first kappa shape index (κ1) is 12.5. The standard InChI is InChI=1S/C17H25N3O/c1-9-7-18-20-16(9)19-15-11-2-12(8-21)10-3-13-4-14(15)17(13,5-10)6-11/h7,10-15,21H,2-6,8H2,1H3,(H2,18,19,20). The average Bonchev–Trinajstić information content (AvgIpc) is 3.01. The van der Waals surface area contributed by atoms with Crippen molar-refractivity contribution in [3.8, 4) is 0 Å². The van der Waals surface area contributed by atoms with E-state index in [1.807, 2.05) is 6.20 Å². The Kier molecular flexibility index (Phi) is 2.40. The van der Waals surface area contributed by atoms with Crippen molar-refractivity contribution in [2.45, 2.75) is 45.1 Å². The molecule has 4 heteroatoms. The van der Waals surface area contributed by atoms with Gasteiger partial charge in [-0.05, 0) is 74.0 Å². The van der Waals surface area contributed by atoms with E-state index < -0.39 is 0 Å². The molecular formula is C17H25N3O. The van der Waals surface area contributed by atoms with Gasteiger partial charge in [0.15, 0.2) is 0 Å². The summed E-state index contributed by atoms with van der Waals surface area (Å²) in [5.41, 5.74) is 1.84. The van der Waals surface area contributed by atoms with Gasteiger partial charge in [0, 0.05) is 18.2 Å². The third kappa shape index (κ3) is 1.47. The van der Waals surface area contributed by atoms with Crippen molar-refractivity contribution in [1.29, 1.82) is 0 Å². The van der Waals surface area contributed by atoms with Gasteiger partial charge in [-0.15, -0.1) is 0 Å². The van der Waals surface area contributed by atoms with E-state index in [1.165, 1.54) is 37.7 Å². The Labute approximate surface area is 125 Å². The lowest BCUT2D eigenvalue weighted by Gasteiger charge is -2.50. The number of H-pyrrole nitrogens is 1. The Balaban J connectivity index is 1.47. The van der Waals surface area contributed by atoms with Gasteiger partial charge in [-0.25, -0.2) is 0 Å². The van der Waals surface area contributed by atoms with Gasteiger partial charge in [0.25, 0.3) is 0 Å². The third-order valence-electron chi connectivity index (χ3n) is 7.55.